The molecule has 0 aromatic heterocycles. The zero-order chi connectivity index (χ0) is 26.3. The van der Waals surface area contributed by atoms with Crippen LogP contribution in [-0.4, -0.2) is 61.2 Å². The summed E-state index contributed by atoms with van der Waals surface area (Å²) in [6.07, 6.45) is 0.601. The number of fused-ring (bicyclic) bond motifs is 1. The lowest BCUT2D eigenvalue weighted by Crippen LogP contribution is -2.57. The molecule has 7 nitrogen and oxygen atoms in total. The lowest BCUT2D eigenvalue weighted by atomic mass is 9.70. The number of thioether (sulfide) groups is 1. The number of aliphatic hydroxyl groups is 1. The predicted octanol–water partition coefficient (Wildman–Crippen LogP) is 3.42. The molecule has 2 aromatic carbocycles. The maximum Gasteiger partial charge on any atom is 0.244 e. The van der Waals surface area contributed by atoms with E-state index in [0.717, 1.165) is 5.56 Å². The first kappa shape index (κ1) is 26.3. The summed E-state index contributed by atoms with van der Waals surface area (Å²) >= 11 is 5.38. The molecule has 9 heteroatoms. The van der Waals surface area contributed by atoms with Gasteiger partial charge in [0, 0.05) is 22.3 Å². The number of aliphatic hydroxyl groups excluding tert-OH is 1. The van der Waals surface area contributed by atoms with Crippen LogP contribution < -0.4 is 10.6 Å². The lowest BCUT2D eigenvalue weighted by molar-refractivity contribution is -0.143. The minimum atomic E-state index is -0.780. The summed E-state index contributed by atoms with van der Waals surface area (Å²) < 4.78 is -0.752. The number of benzene rings is 2. The highest BCUT2D eigenvalue weighted by Crippen LogP contribution is 2.68. The molecule has 2 aromatic rings. The Morgan fingerprint density at radius 3 is 2.38 bits per heavy atom. The fourth-order valence-corrected chi connectivity index (χ4v) is 9.87. The molecule has 7 atom stereocenters. The third kappa shape index (κ3) is 4.49. The van der Waals surface area contributed by atoms with Gasteiger partial charge in [-0.05, 0) is 30.0 Å². The van der Waals surface area contributed by atoms with Crippen LogP contribution in [-0.2, 0) is 20.9 Å². The standard InChI is InChI=1S/C28H32BrN3O4S/c1-16(2)20(15-33)32-24(26(35)30-14-17-9-5-3-6-10-17)28-13-19(29)23(37-28)21(22(28)27(32)36)25(34)31-18-11-7-4-8-12-18/h3-12,16,19-24,33H,13-15H2,1-2H3,(H,30,35)(H,31,34)/t19?,20-,21-,22-,23-,24?,28?/m0/s1. The van der Waals surface area contributed by atoms with Crippen LogP contribution in [0.15, 0.2) is 60.7 Å². The van der Waals surface area contributed by atoms with E-state index in [1.807, 2.05) is 74.5 Å². The number of rotatable bonds is 8. The molecular formula is C28H32BrN3O4S. The van der Waals surface area contributed by atoms with Gasteiger partial charge in [0.25, 0.3) is 0 Å². The Morgan fingerprint density at radius 2 is 1.76 bits per heavy atom. The van der Waals surface area contributed by atoms with Gasteiger partial charge >= 0.3 is 0 Å². The largest absolute Gasteiger partial charge is 0.394 e. The Kier molecular flexibility index (Phi) is 7.40. The van der Waals surface area contributed by atoms with E-state index in [-0.39, 0.29) is 40.3 Å². The molecule has 0 radical (unpaired) electrons. The van der Waals surface area contributed by atoms with Gasteiger partial charge in [-0.1, -0.05) is 78.3 Å². The topological polar surface area (TPSA) is 98.7 Å². The lowest BCUT2D eigenvalue weighted by Gasteiger charge is -2.38. The Hall–Kier alpha value is -2.36. The summed E-state index contributed by atoms with van der Waals surface area (Å²) in [7, 11) is 0. The van der Waals surface area contributed by atoms with E-state index in [1.165, 1.54) is 0 Å². The molecule has 3 saturated heterocycles. The molecule has 3 aliphatic heterocycles. The number of hydrogen-bond donors (Lipinski definition) is 3. The summed E-state index contributed by atoms with van der Waals surface area (Å²) in [4.78, 5) is 43.3. The first-order valence-electron chi connectivity index (χ1n) is 12.7. The number of carbonyl (C=O) groups is 3. The molecule has 3 heterocycles. The first-order valence-corrected chi connectivity index (χ1v) is 14.5. The van der Waals surface area contributed by atoms with E-state index in [2.05, 4.69) is 26.6 Å². The molecule has 3 N–H and O–H groups in total. The molecule has 3 amide bonds. The van der Waals surface area contributed by atoms with Crippen molar-refractivity contribution in [2.75, 3.05) is 11.9 Å². The molecule has 37 heavy (non-hydrogen) atoms. The van der Waals surface area contributed by atoms with Crippen LogP contribution in [0.2, 0.25) is 0 Å². The van der Waals surface area contributed by atoms with Crippen LogP contribution in [0, 0.1) is 17.8 Å². The van der Waals surface area contributed by atoms with Gasteiger partial charge < -0.3 is 20.6 Å². The normalized spacial score (nSPS) is 30.9. The highest BCUT2D eigenvalue weighted by atomic mass is 79.9. The van der Waals surface area contributed by atoms with Crippen molar-refractivity contribution in [1.29, 1.82) is 0 Å². The Morgan fingerprint density at radius 1 is 1.11 bits per heavy atom. The summed E-state index contributed by atoms with van der Waals surface area (Å²) in [5.74, 6) is -1.95. The summed E-state index contributed by atoms with van der Waals surface area (Å²) in [6.45, 7) is 3.97. The molecule has 1 spiro atoms. The van der Waals surface area contributed by atoms with Gasteiger partial charge in [0.05, 0.1) is 29.2 Å². The van der Waals surface area contributed by atoms with E-state index >= 15 is 0 Å². The molecule has 3 aliphatic rings. The van der Waals surface area contributed by atoms with Gasteiger partial charge in [0.2, 0.25) is 17.7 Å². The second-order valence-corrected chi connectivity index (χ2v) is 13.2. The quantitative estimate of drug-likeness (QED) is 0.412. The van der Waals surface area contributed by atoms with Gasteiger partial charge in [-0.3, -0.25) is 14.4 Å². The fraction of sp³-hybridized carbons (Fsp3) is 0.464. The number of nitrogens with zero attached hydrogens (tertiary/aromatic N) is 1. The number of anilines is 1. The summed E-state index contributed by atoms with van der Waals surface area (Å²) in [6, 6.07) is 17.6. The Bertz CT molecular complexity index is 1170. The molecule has 3 unspecified atom stereocenters. The second-order valence-electron chi connectivity index (χ2n) is 10.5. The van der Waals surface area contributed by atoms with Crippen LogP contribution in [0.25, 0.3) is 0 Å². The average Bonchev–Trinajstić information content (AvgIpc) is 3.48. The van der Waals surface area contributed by atoms with E-state index in [4.69, 9.17) is 0 Å². The minimum Gasteiger partial charge on any atom is -0.394 e. The number of hydrogen-bond acceptors (Lipinski definition) is 5. The third-order valence-corrected chi connectivity index (χ3v) is 11.2. The van der Waals surface area contributed by atoms with E-state index in [9.17, 15) is 19.5 Å². The van der Waals surface area contributed by atoms with Crippen molar-refractivity contribution in [3.05, 3.63) is 66.2 Å². The fourth-order valence-electron chi connectivity index (χ4n) is 6.27. The zero-order valence-electron chi connectivity index (χ0n) is 20.8. The smallest absolute Gasteiger partial charge is 0.244 e. The Balaban J connectivity index is 1.50. The number of halogens is 1. The van der Waals surface area contributed by atoms with Crippen molar-refractivity contribution in [3.8, 4) is 0 Å². The molecule has 5 rings (SSSR count). The maximum atomic E-state index is 14.2. The zero-order valence-corrected chi connectivity index (χ0v) is 23.2. The monoisotopic (exact) mass is 585 g/mol. The van der Waals surface area contributed by atoms with Crippen molar-refractivity contribution in [1.82, 2.24) is 10.2 Å². The summed E-state index contributed by atoms with van der Waals surface area (Å²) in [5.41, 5.74) is 1.64. The molecule has 0 aliphatic carbocycles. The van der Waals surface area contributed by atoms with Gasteiger partial charge in [-0.25, -0.2) is 0 Å². The van der Waals surface area contributed by atoms with Crippen LogP contribution in [0.5, 0.6) is 0 Å². The SMILES string of the molecule is CC(C)[C@H](CO)N1C(=O)[C@@H]2[C@H](C(=O)Nc3ccccc3)[C@H]3SC2(CC3Br)C1C(=O)NCc1ccccc1. The van der Waals surface area contributed by atoms with Crippen LogP contribution in [0.1, 0.15) is 25.8 Å². The van der Waals surface area contributed by atoms with Gasteiger partial charge in [0.15, 0.2) is 0 Å². The van der Waals surface area contributed by atoms with E-state index in [0.29, 0.717) is 18.7 Å². The number of alkyl halides is 1. The van der Waals surface area contributed by atoms with Crippen molar-refractivity contribution >= 4 is 51.1 Å². The minimum absolute atomic E-state index is 0.0101. The van der Waals surface area contributed by atoms with Crippen LogP contribution in [0.3, 0.4) is 0 Å². The van der Waals surface area contributed by atoms with Crippen LogP contribution >= 0.6 is 27.7 Å². The average molecular weight is 587 g/mol. The molecule has 0 saturated carbocycles. The van der Waals surface area contributed by atoms with Crippen molar-refractivity contribution in [2.24, 2.45) is 17.8 Å². The predicted molar refractivity (Wildman–Crippen MR) is 148 cm³/mol. The molecular weight excluding hydrogens is 554 g/mol. The Labute approximate surface area is 229 Å². The van der Waals surface area contributed by atoms with Crippen molar-refractivity contribution in [3.63, 3.8) is 0 Å². The van der Waals surface area contributed by atoms with Crippen LogP contribution in [0.4, 0.5) is 5.69 Å². The highest BCUT2D eigenvalue weighted by molar-refractivity contribution is 9.09. The molecule has 196 valence electrons. The number of amides is 3. The molecule has 3 fully saturated rings. The molecule has 2 bridgehead atoms. The number of carbonyl (C=O) groups excluding carboxylic acids is 3. The van der Waals surface area contributed by atoms with E-state index < -0.39 is 28.7 Å². The van der Waals surface area contributed by atoms with E-state index in [1.54, 1.807) is 16.7 Å². The van der Waals surface area contributed by atoms with Crippen molar-refractivity contribution < 1.29 is 19.5 Å². The van der Waals surface area contributed by atoms with Gasteiger partial charge in [-0.2, -0.15) is 0 Å². The maximum absolute atomic E-state index is 14.2. The van der Waals surface area contributed by atoms with Crippen molar-refractivity contribution in [2.45, 2.75) is 53.7 Å². The number of likely N-dealkylation sites (tertiary alicyclic amines) is 1. The first-order chi connectivity index (χ1) is 17.8. The number of nitrogens with one attached hydrogen (secondary N) is 2. The third-order valence-electron chi connectivity index (χ3n) is 7.94. The summed E-state index contributed by atoms with van der Waals surface area (Å²) in [5, 5.41) is 16.2. The van der Waals surface area contributed by atoms with Gasteiger partial charge in [0.1, 0.15) is 6.04 Å². The number of para-hydroxylation sites is 1. The van der Waals surface area contributed by atoms with Gasteiger partial charge in [-0.15, -0.1) is 11.8 Å². The highest BCUT2D eigenvalue weighted by Gasteiger charge is 2.76. The second kappa shape index (κ2) is 10.4.